The molecule has 2 N–H and O–H groups in total. The van der Waals surface area contributed by atoms with E-state index in [0.717, 1.165) is 88.1 Å². The topological polar surface area (TPSA) is 81.9 Å². The Kier molecular flexibility index (Phi) is 8.57. The van der Waals surface area contributed by atoms with E-state index in [1.807, 2.05) is 6.07 Å². The number of esters is 1. The molecular weight excluding hydrogens is 404 g/mol. The molecule has 32 heavy (non-hydrogen) atoms. The van der Waals surface area contributed by atoms with Crippen molar-refractivity contribution in [2.75, 3.05) is 37.5 Å². The summed E-state index contributed by atoms with van der Waals surface area (Å²) in [5.41, 5.74) is 8.84. The third kappa shape index (κ3) is 5.64. The van der Waals surface area contributed by atoms with Gasteiger partial charge >= 0.3 is 5.97 Å². The molecule has 1 aromatic carbocycles. The largest absolute Gasteiger partial charge is 0.468 e. The Bertz CT molecular complexity index is 784. The molecule has 1 atom stereocenters. The van der Waals surface area contributed by atoms with Gasteiger partial charge in [-0.15, -0.1) is 0 Å². The van der Waals surface area contributed by atoms with E-state index < -0.39 is 5.41 Å². The number of unbranched alkanes of at least 4 members (excludes halogenated alkanes) is 1. The van der Waals surface area contributed by atoms with Crippen molar-refractivity contribution < 1.29 is 19.1 Å². The van der Waals surface area contributed by atoms with Crippen molar-refractivity contribution in [3.05, 3.63) is 23.8 Å². The van der Waals surface area contributed by atoms with Crippen molar-refractivity contribution in [1.82, 2.24) is 0 Å². The number of nitrogens with two attached hydrogens (primary N) is 1. The number of ether oxygens (including phenoxy) is 2. The zero-order valence-electron chi connectivity index (χ0n) is 20.0. The average molecular weight is 445 g/mol. The summed E-state index contributed by atoms with van der Waals surface area (Å²) < 4.78 is 10.7. The molecule has 6 heteroatoms. The van der Waals surface area contributed by atoms with E-state index in [9.17, 15) is 9.59 Å². The summed E-state index contributed by atoms with van der Waals surface area (Å²) in [5, 5.41) is 0. The molecule has 0 aromatic heterocycles. The molecule has 6 nitrogen and oxygen atoms in total. The highest BCUT2D eigenvalue weighted by Gasteiger charge is 2.47. The molecule has 0 spiro atoms. The fourth-order valence-electron chi connectivity index (χ4n) is 5.18. The number of hydrogen-bond donors (Lipinski definition) is 1. The Labute approximate surface area is 192 Å². The molecule has 178 valence electrons. The maximum Gasteiger partial charge on any atom is 0.316 e. The van der Waals surface area contributed by atoms with Crippen LogP contribution in [-0.4, -0.2) is 44.7 Å². The van der Waals surface area contributed by atoms with Gasteiger partial charge in [-0.25, -0.2) is 0 Å². The highest BCUT2D eigenvalue weighted by atomic mass is 16.5. The number of methoxy groups -OCH3 is 1. The van der Waals surface area contributed by atoms with Gasteiger partial charge in [-0.05, 0) is 69.1 Å². The Balaban J connectivity index is 1.77. The molecule has 0 radical (unpaired) electrons. The maximum absolute atomic E-state index is 12.5. The normalized spacial score (nSPS) is 19.1. The number of carbonyl (C=O) groups is 2. The van der Waals surface area contributed by atoms with E-state index >= 15 is 0 Å². The highest BCUT2D eigenvalue weighted by Crippen LogP contribution is 2.46. The number of hydrogen-bond acceptors (Lipinski definition) is 6. The maximum atomic E-state index is 12.5. The number of Topliss-reactive ketones (excluding diaryl/α,β-unsaturated/α-hetero) is 1. The summed E-state index contributed by atoms with van der Waals surface area (Å²) in [6, 6.07) is 6.57. The van der Waals surface area contributed by atoms with Crippen molar-refractivity contribution in [2.45, 2.75) is 83.1 Å². The van der Waals surface area contributed by atoms with Crippen LogP contribution in [-0.2, 0) is 24.5 Å². The van der Waals surface area contributed by atoms with Gasteiger partial charge < -0.3 is 24.9 Å². The van der Waals surface area contributed by atoms with Crippen LogP contribution in [0.5, 0.6) is 0 Å². The van der Waals surface area contributed by atoms with Gasteiger partial charge in [-0.3, -0.25) is 4.79 Å². The summed E-state index contributed by atoms with van der Waals surface area (Å²) in [7, 11) is 1.46. The van der Waals surface area contributed by atoms with Gasteiger partial charge in [0.15, 0.2) is 0 Å². The zero-order chi connectivity index (χ0) is 23.1. The number of rotatable bonds is 11. The number of carbonyl (C=O) groups excluding carboxylic acids is 2. The summed E-state index contributed by atoms with van der Waals surface area (Å²) in [4.78, 5) is 26.2. The lowest BCUT2D eigenvalue weighted by atomic mass is 9.64. The van der Waals surface area contributed by atoms with Crippen molar-refractivity contribution in [1.29, 1.82) is 0 Å². The SMILES string of the molecule is COC(=O)C1(c2ccc(N(CC(C)CCCCC(C)=O)C3CCOCC3)c(N)c2)CCC1. The fourth-order valence-corrected chi connectivity index (χ4v) is 5.18. The minimum absolute atomic E-state index is 0.156. The van der Waals surface area contributed by atoms with Crippen LogP contribution in [0, 0.1) is 5.92 Å². The van der Waals surface area contributed by atoms with Gasteiger partial charge in [0.1, 0.15) is 5.78 Å². The molecule has 2 fully saturated rings. The Morgan fingerprint density at radius 3 is 2.53 bits per heavy atom. The molecule has 2 aliphatic rings. The molecule has 1 aliphatic heterocycles. The van der Waals surface area contributed by atoms with Crippen LogP contribution >= 0.6 is 0 Å². The summed E-state index contributed by atoms with van der Waals surface area (Å²) in [6.45, 7) is 6.42. The van der Waals surface area contributed by atoms with Gasteiger partial charge in [-0.1, -0.05) is 25.8 Å². The van der Waals surface area contributed by atoms with Crippen LogP contribution in [0.3, 0.4) is 0 Å². The lowest BCUT2D eigenvalue weighted by Crippen LogP contribution is -2.44. The van der Waals surface area contributed by atoms with E-state index in [2.05, 4.69) is 24.0 Å². The first kappa shape index (κ1) is 24.6. The molecule has 0 bridgehead atoms. The van der Waals surface area contributed by atoms with Gasteiger partial charge in [0.2, 0.25) is 0 Å². The minimum atomic E-state index is -0.533. The van der Waals surface area contributed by atoms with Crippen LogP contribution in [0.1, 0.15) is 77.2 Å². The van der Waals surface area contributed by atoms with Gasteiger partial charge in [0.05, 0.1) is 23.9 Å². The second-order valence-corrected chi connectivity index (χ2v) is 9.75. The van der Waals surface area contributed by atoms with Crippen LogP contribution < -0.4 is 10.6 Å². The monoisotopic (exact) mass is 444 g/mol. The van der Waals surface area contributed by atoms with Crippen LogP contribution in [0.2, 0.25) is 0 Å². The Morgan fingerprint density at radius 1 is 1.25 bits per heavy atom. The van der Waals surface area contributed by atoms with Gasteiger partial charge in [-0.2, -0.15) is 0 Å². The molecule has 1 saturated carbocycles. The predicted molar refractivity (Wildman–Crippen MR) is 128 cm³/mol. The summed E-state index contributed by atoms with van der Waals surface area (Å²) >= 11 is 0. The van der Waals surface area contributed by atoms with Gasteiger partial charge in [0, 0.05) is 32.2 Å². The smallest absolute Gasteiger partial charge is 0.316 e. The first-order chi connectivity index (χ1) is 15.4. The van der Waals surface area contributed by atoms with Crippen molar-refractivity contribution in [3.8, 4) is 0 Å². The third-order valence-corrected chi connectivity index (χ3v) is 7.29. The standard InChI is InChI=1S/C26H40N2O4/c1-19(7-4-5-8-20(2)29)18-28(22-11-15-32-16-12-22)24-10-9-21(17-23(24)27)26(13-6-14-26)25(30)31-3/h9-10,17,19,22H,4-8,11-16,18,27H2,1-3H3. The first-order valence-corrected chi connectivity index (χ1v) is 12.2. The fraction of sp³-hybridized carbons (Fsp3) is 0.692. The first-order valence-electron chi connectivity index (χ1n) is 12.2. The Morgan fingerprint density at radius 2 is 1.97 bits per heavy atom. The number of nitrogen functional groups attached to an aromatic ring is 1. The van der Waals surface area contributed by atoms with Crippen molar-refractivity contribution >= 4 is 23.1 Å². The number of nitrogens with zero attached hydrogens (tertiary/aromatic N) is 1. The molecule has 1 aliphatic carbocycles. The van der Waals surface area contributed by atoms with Crippen molar-refractivity contribution in [2.24, 2.45) is 5.92 Å². The second kappa shape index (κ2) is 11.2. The quantitative estimate of drug-likeness (QED) is 0.304. The number of ketones is 1. The van der Waals surface area contributed by atoms with E-state index in [0.29, 0.717) is 18.4 Å². The highest BCUT2D eigenvalue weighted by molar-refractivity contribution is 5.85. The third-order valence-electron chi connectivity index (χ3n) is 7.29. The molecule has 3 rings (SSSR count). The zero-order valence-corrected chi connectivity index (χ0v) is 20.0. The summed E-state index contributed by atoms with van der Waals surface area (Å²) in [6.07, 6.45) is 8.45. The van der Waals surface area contributed by atoms with E-state index in [4.69, 9.17) is 15.2 Å². The van der Waals surface area contributed by atoms with E-state index in [1.165, 1.54) is 7.11 Å². The second-order valence-electron chi connectivity index (χ2n) is 9.75. The number of benzene rings is 1. The number of anilines is 2. The summed E-state index contributed by atoms with van der Waals surface area (Å²) in [5.74, 6) is 0.610. The Hall–Kier alpha value is -2.08. The van der Waals surface area contributed by atoms with Crippen molar-refractivity contribution in [3.63, 3.8) is 0 Å². The molecule has 1 heterocycles. The predicted octanol–water partition coefficient (Wildman–Crippen LogP) is 4.63. The lowest BCUT2D eigenvalue weighted by Gasteiger charge is -2.41. The minimum Gasteiger partial charge on any atom is -0.468 e. The van der Waals surface area contributed by atoms with Crippen LogP contribution in [0.15, 0.2) is 18.2 Å². The van der Waals surface area contributed by atoms with Crippen LogP contribution in [0.4, 0.5) is 11.4 Å². The molecule has 1 saturated heterocycles. The molecular formula is C26H40N2O4. The molecule has 0 amide bonds. The average Bonchev–Trinajstić information content (AvgIpc) is 2.75. The van der Waals surface area contributed by atoms with E-state index in [1.54, 1.807) is 6.92 Å². The molecule has 1 unspecified atom stereocenters. The lowest BCUT2D eigenvalue weighted by molar-refractivity contribution is -0.151. The van der Waals surface area contributed by atoms with Gasteiger partial charge in [0.25, 0.3) is 0 Å². The van der Waals surface area contributed by atoms with Crippen LogP contribution in [0.25, 0.3) is 0 Å². The molecule has 1 aromatic rings. The van der Waals surface area contributed by atoms with E-state index in [-0.39, 0.29) is 11.8 Å².